The molecule has 2 rings (SSSR count). The molecule has 0 heterocycles. The predicted octanol–water partition coefficient (Wildman–Crippen LogP) is 2.48. The van der Waals surface area contributed by atoms with Crippen LogP contribution < -0.4 is 14.8 Å². The zero-order valence-electron chi connectivity index (χ0n) is 12.4. The molecule has 1 aliphatic rings. The van der Waals surface area contributed by atoms with Crippen molar-refractivity contribution >= 4 is 5.78 Å². The molecule has 0 saturated heterocycles. The van der Waals surface area contributed by atoms with Gasteiger partial charge in [0.2, 0.25) is 0 Å². The van der Waals surface area contributed by atoms with E-state index in [2.05, 4.69) is 12.2 Å². The first-order valence-electron chi connectivity index (χ1n) is 7.20. The van der Waals surface area contributed by atoms with Gasteiger partial charge >= 0.3 is 0 Å². The van der Waals surface area contributed by atoms with Gasteiger partial charge in [-0.3, -0.25) is 4.79 Å². The summed E-state index contributed by atoms with van der Waals surface area (Å²) in [6, 6.07) is 6.36. The molecule has 1 fully saturated rings. The Labute approximate surface area is 120 Å². The second kappa shape index (κ2) is 6.75. The molecule has 0 atom stereocenters. The zero-order valence-corrected chi connectivity index (χ0v) is 12.4. The molecule has 1 aliphatic carbocycles. The summed E-state index contributed by atoms with van der Waals surface area (Å²) in [5, 5.41) is 3.41. The molecular weight excluding hydrogens is 254 g/mol. The van der Waals surface area contributed by atoms with Gasteiger partial charge in [0.1, 0.15) is 24.2 Å². The second-order valence-electron chi connectivity index (χ2n) is 5.44. The van der Waals surface area contributed by atoms with Crippen molar-refractivity contribution in [1.82, 2.24) is 5.32 Å². The molecule has 1 N–H and O–H groups in total. The maximum atomic E-state index is 11.0. The number of nitrogens with one attached hydrogen (secondary N) is 1. The van der Waals surface area contributed by atoms with E-state index < -0.39 is 0 Å². The van der Waals surface area contributed by atoms with Gasteiger partial charge in [0.15, 0.2) is 5.78 Å². The molecule has 0 spiro atoms. The number of ketones is 1. The van der Waals surface area contributed by atoms with Crippen LogP contribution in [0.1, 0.15) is 32.3 Å². The predicted molar refractivity (Wildman–Crippen MR) is 78.5 cm³/mol. The maximum absolute atomic E-state index is 11.0. The van der Waals surface area contributed by atoms with Crippen molar-refractivity contribution in [1.29, 1.82) is 0 Å². The monoisotopic (exact) mass is 277 g/mol. The van der Waals surface area contributed by atoms with Crippen LogP contribution in [-0.4, -0.2) is 31.1 Å². The van der Waals surface area contributed by atoms with Crippen LogP contribution in [0.2, 0.25) is 0 Å². The summed E-state index contributed by atoms with van der Waals surface area (Å²) in [7, 11) is 0. The molecular formula is C16H23NO3. The first-order chi connectivity index (χ1) is 9.56. The lowest BCUT2D eigenvalue weighted by Gasteiger charge is -2.35. The SMILES string of the molecule is CCNC1CC(Oc2cc(C)cc(OCC(C)=O)c2)C1. The molecule has 20 heavy (non-hydrogen) atoms. The summed E-state index contributed by atoms with van der Waals surface area (Å²) in [4.78, 5) is 11.0. The van der Waals surface area contributed by atoms with Gasteiger partial charge < -0.3 is 14.8 Å². The summed E-state index contributed by atoms with van der Waals surface area (Å²) in [6.45, 7) is 6.74. The van der Waals surface area contributed by atoms with Crippen LogP contribution in [0.3, 0.4) is 0 Å². The van der Waals surface area contributed by atoms with Gasteiger partial charge in [-0.05, 0) is 50.9 Å². The van der Waals surface area contributed by atoms with E-state index in [1.807, 2.05) is 25.1 Å². The Bertz CT molecular complexity index is 467. The summed E-state index contributed by atoms with van der Waals surface area (Å²) >= 11 is 0. The smallest absolute Gasteiger partial charge is 0.167 e. The molecule has 0 unspecified atom stereocenters. The molecule has 0 bridgehead atoms. The van der Waals surface area contributed by atoms with Crippen molar-refractivity contribution < 1.29 is 14.3 Å². The van der Waals surface area contributed by atoms with Crippen molar-refractivity contribution in [2.45, 2.75) is 45.8 Å². The van der Waals surface area contributed by atoms with Crippen molar-refractivity contribution in [3.8, 4) is 11.5 Å². The fraction of sp³-hybridized carbons (Fsp3) is 0.562. The molecule has 1 aromatic carbocycles. The quantitative estimate of drug-likeness (QED) is 0.832. The molecule has 0 radical (unpaired) electrons. The third-order valence-corrected chi connectivity index (χ3v) is 3.36. The highest BCUT2D eigenvalue weighted by Gasteiger charge is 2.30. The Morgan fingerprint density at radius 2 is 2.00 bits per heavy atom. The summed E-state index contributed by atoms with van der Waals surface area (Å²) in [5.41, 5.74) is 1.07. The summed E-state index contributed by atoms with van der Waals surface area (Å²) in [5.74, 6) is 1.53. The average molecular weight is 277 g/mol. The molecule has 110 valence electrons. The Morgan fingerprint density at radius 3 is 2.65 bits per heavy atom. The van der Waals surface area contributed by atoms with E-state index in [1.165, 1.54) is 6.92 Å². The zero-order chi connectivity index (χ0) is 14.5. The third kappa shape index (κ3) is 4.23. The Hall–Kier alpha value is -1.55. The highest BCUT2D eigenvalue weighted by atomic mass is 16.5. The van der Waals surface area contributed by atoms with Crippen LogP contribution in [0.5, 0.6) is 11.5 Å². The van der Waals surface area contributed by atoms with Gasteiger partial charge in [-0.1, -0.05) is 6.92 Å². The van der Waals surface area contributed by atoms with Crippen molar-refractivity contribution in [3.63, 3.8) is 0 Å². The lowest BCUT2D eigenvalue weighted by Crippen LogP contribution is -2.46. The second-order valence-corrected chi connectivity index (χ2v) is 5.44. The van der Waals surface area contributed by atoms with Gasteiger partial charge in [0.05, 0.1) is 0 Å². The highest BCUT2D eigenvalue weighted by Crippen LogP contribution is 2.29. The van der Waals surface area contributed by atoms with Gasteiger partial charge in [-0.15, -0.1) is 0 Å². The van der Waals surface area contributed by atoms with E-state index in [-0.39, 0.29) is 18.5 Å². The highest BCUT2D eigenvalue weighted by molar-refractivity contribution is 5.77. The molecule has 0 amide bonds. The number of carbonyl (C=O) groups excluding carboxylic acids is 1. The van der Waals surface area contributed by atoms with E-state index in [0.717, 1.165) is 30.7 Å². The normalized spacial score (nSPS) is 21.1. The van der Waals surface area contributed by atoms with E-state index >= 15 is 0 Å². The number of aryl methyl sites for hydroxylation is 1. The number of Topliss-reactive ketones (excluding diaryl/α,β-unsaturated/α-hetero) is 1. The summed E-state index contributed by atoms with van der Waals surface area (Å²) < 4.78 is 11.4. The van der Waals surface area contributed by atoms with E-state index in [9.17, 15) is 4.79 Å². The lowest BCUT2D eigenvalue weighted by atomic mass is 9.89. The molecule has 0 aliphatic heterocycles. The van der Waals surface area contributed by atoms with Crippen LogP contribution in [0, 0.1) is 6.92 Å². The largest absolute Gasteiger partial charge is 0.490 e. The minimum absolute atomic E-state index is 0.0152. The number of rotatable bonds is 7. The van der Waals surface area contributed by atoms with Gasteiger partial charge in [0.25, 0.3) is 0 Å². The Kier molecular flexibility index (Phi) is 5.01. The van der Waals surface area contributed by atoms with Crippen molar-refractivity contribution in [2.75, 3.05) is 13.2 Å². The maximum Gasteiger partial charge on any atom is 0.167 e. The number of carbonyl (C=O) groups is 1. The number of hydrogen-bond acceptors (Lipinski definition) is 4. The third-order valence-electron chi connectivity index (χ3n) is 3.36. The van der Waals surface area contributed by atoms with Crippen LogP contribution in [0.15, 0.2) is 18.2 Å². The van der Waals surface area contributed by atoms with Gasteiger partial charge in [-0.2, -0.15) is 0 Å². The van der Waals surface area contributed by atoms with Crippen LogP contribution in [0.4, 0.5) is 0 Å². The van der Waals surface area contributed by atoms with Gasteiger partial charge in [-0.25, -0.2) is 0 Å². The number of benzene rings is 1. The number of ether oxygens (including phenoxy) is 2. The minimum atomic E-state index is 0.0152. The molecule has 4 nitrogen and oxygen atoms in total. The minimum Gasteiger partial charge on any atom is -0.490 e. The van der Waals surface area contributed by atoms with Crippen LogP contribution >= 0.6 is 0 Å². The summed E-state index contributed by atoms with van der Waals surface area (Å²) in [6.07, 6.45) is 2.37. The first kappa shape index (κ1) is 14.9. The van der Waals surface area contributed by atoms with Crippen LogP contribution in [-0.2, 0) is 4.79 Å². The standard InChI is InChI=1S/C16H23NO3/c1-4-17-13-7-16(8-13)20-15-6-11(2)5-14(9-15)19-10-12(3)18/h5-6,9,13,16-17H,4,7-8,10H2,1-3H3. The van der Waals surface area contributed by atoms with E-state index in [0.29, 0.717) is 11.8 Å². The van der Waals surface area contributed by atoms with Crippen molar-refractivity contribution in [3.05, 3.63) is 23.8 Å². The number of hydrogen-bond donors (Lipinski definition) is 1. The molecule has 0 aromatic heterocycles. The Morgan fingerprint density at radius 1 is 1.30 bits per heavy atom. The molecule has 1 saturated carbocycles. The molecule has 1 aromatic rings. The first-order valence-corrected chi connectivity index (χ1v) is 7.20. The van der Waals surface area contributed by atoms with E-state index in [1.54, 1.807) is 0 Å². The fourth-order valence-electron chi connectivity index (χ4n) is 2.36. The van der Waals surface area contributed by atoms with E-state index in [4.69, 9.17) is 9.47 Å². The average Bonchev–Trinajstić information content (AvgIpc) is 2.33. The molecule has 4 heteroatoms. The fourth-order valence-corrected chi connectivity index (χ4v) is 2.36. The van der Waals surface area contributed by atoms with Crippen molar-refractivity contribution in [2.24, 2.45) is 0 Å². The lowest BCUT2D eigenvalue weighted by molar-refractivity contribution is -0.118. The Balaban J connectivity index is 1.90. The van der Waals surface area contributed by atoms with Crippen LogP contribution in [0.25, 0.3) is 0 Å². The van der Waals surface area contributed by atoms with Gasteiger partial charge in [0, 0.05) is 12.1 Å². The topological polar surface area (TPSA) is 47.6 Å².